The molecule has 1 fully saturated rings. The lowest BCUT2D eigenvalue weighted by Gasteiger charge is -2.22. The number of piperidine rings is 1. The van der Waals surface area contributed by atoms with E-state index in [2.05, 4.69) is 20.6 Å². The Labute approximate surface area is 101 Å². The second-order valence-corrected chi connectivity index (χ2v) is 4.47. The van der Waals surface area contributed by atoms with Crippen LogP contribution in [0.4, 0.5) is 0 Å². The van der Waals surface area contributed by atoms with Crippen molar-refractivity contribution < 1.29 is 4.79 Å². The van der Waals surface area contributed by atoms with Gasteiger partial charge in [-0.15, -0.1) is 0 Å². The standard InChI is InChI=1S/C12H18N4O/c1-9-5-15-11(8-14-9)12(17)16-7-10-3-2-4-13-6-10/h5,8,10,13H,2-4,6-7H2,1H3,(H,16,17). The molecule has 92 valence electrons. The minimum Gasteiger partial charge on any atom is -0.350 e. The quantitative estimate of drug-likeness (QED) is 0.800. The zero-order valence-corrected chi connectivity index (χ0v) is 10.1. The van der Waals surface area contributed by atoms with Gasteiger partial charge in [-0.2, -0.15) is 0 Å². The normalized spacial score (nSPS) is 19.9. The molecule has 1 amide bonds. The molecule has 0 aromatic carbocycles. The van der Waals surface area contributed by atoms with Crippen LogP contribution in [0, 0.1) is 12.8 Å². The molecular formula is C12H18N4O. The molecule has 1 aliphatic rings. The van der Waals surface area contributed by atoms with E-state index in [4.69, 9.17) is 0 Å². The minimum absolute atomic E-state index is 0.136. The molecule has 1 aromatic rings. The van der Waals surface area contributed by atoms with Gasteiger partial charge in [0.25, 0.3) is 5.91 Å². The van der Waals surface area contributed by atoms with Gasteiger partial charge in [0, 0.05) is 12.7 Å². The third-order valence-corrected chi connectivity index (χ3v) is 2.96. The Balaban J connectivity index is 1.82. The average molecular weight is 234 g/mol. The van der Waals surface area contributed by atoms with Crippen molar-refractivity contribution >= 4 is 5.91 Å². The largest absolute Gasteiger partial charge is 0.350 e. The van der Waals surface area contributed by atoms with Gasteiger partial charge in [-0.3, -0.25) is 9.78 Å². The molecular weight excluding hydrogens is 216 g/mol. The molecule has 5 heteroatoms. The zero-order chi connectivity index (χ0) is 12.1. The van der Waals surface area contributed by atoms with Crippen molar-refractivity contribution in [2.75, 3.05) is 19.6 Å². The summed E-state index contributed by atoms with van der Waals surface area (Å²) in [5.74, 6) is 0.397. The van der Waals surface area contributed by atoms with Crippen LogP contribution in [0.15, 0.2) is 12.4 Å². The smallest absolute Gasteiger partial charge is 0.271 e. The molecule has 0 bridgehead atoms. The number of amides is 1. The van der Waals surface area contributed by atoms with E-state index in [0.29, 0.717) is 18.2 Å². The number of carbonyl (C=O) groups excluding carboxylic acids is 1. The summed E-state index contributed by atoms with van der Waals surface area (Å²) in [6.07, 6.45) is 5.48. The van der Waals surface area contributed by atoms with E-state index < -0.39 is 0 Å². The number of nitrogens with one attached hydrogen (secondary N) is 2. The Bertz CT molecular complexity index is 371. The first kappa shape index (κ1) is 12.0. The van der Waals surface area contributed by atoms with E-state index in [0.717, 1.165) is 18.8 Å². The summed E-state index contributed by atoms with van der Waals surface area (Å²) in [4.78, 5) is 19.9. The molecule has 0 radical (unpaired) electrons. The Morgan fingerprint density at radius 3 is 3.06 bits per heavy atom. The Hall–Kier alpha value is -1.49. The predicted octanol–water partition coefficient (Wildman–Crippen LogP) is 0.514. The molecule has 1 aromatic heterocycles. The fraction of sp³-hybridized carbons (Fsp3) is 0.583. The third kappa shape index (κ3) is 3.49. The molecule has 1 atom stereocenters. The summed E-state index contributed by atoms with van der Waals surface area (Å²) in [7, 11) is 0. The van der Waals surface area contributed by atoms with Gasteiger partial charge >= 0.3 is 0 Å². The van der Waals surface area contributed by atoms with Crippen molar-refractivity contribution in [1.82, 2.24) is 20.6 Å². The van der Waals surface area contributed by atoms with Crippen LogP contribution in [0.3, 0.4) is 0 Å². The van der Waals surface area contributed by atoms with Crippen molar-refractivity contribution in [1.29, 1.82) is 0 Å². The van der Waals surface area contributed by atoms with Gasteiger partial charge in [-0.25, -0.2) is 4.98 Å². The van der Waals surface area contributed by atoms with Gasteiger partial charge in [0.1, 0.15) is 5.69 Å². The van der Waals surface area contributed by atoms with Crippen molar-refractivity contribution in [2.24, 2.45) is 5.92 Å². The van der Waals surface area contributed by atoms with E-state index in [9.17, 15) is 4.79 Å². The van der Waals surface area contributed by atoms with Crippen molar-refractivity contribution in [3.05, 3.63) is 23.8 Å². The third-order valence-electron chi connectivity index (χ3n) is 2.96. The van der Waals surface area contributed by atoms with Gasteiger partial charge in [-0.1, -0.05) is 0 Å². The molecule has 2 N–H and O–H groups in total. The van der Waals surface area contributed by atoms with Crippen LogP contribution in [-0.4, -0.2) is 35.5 Å². The van der Waals surface area contributed by atoms with E-state index >= 15 is 0 Å². The highest BCUT2D eigenvalue weighted by Gasteiger charge is 2.14. The summed E-state index contributed by atoms with van der Waals surface area (Å²) >= 11 is 0. The van der Waals surface area contributed by atoms with Crippen LogP contribution in [0.25, 0.3) is 0 Å². The summed E-state index contributed by atoms with van der Waals surface area (Å²) in [5, 5.41) is 6.23. The number of hydrogen-bond donors (Lipinski definition) is 2. The molecule has 1 saturated heterocycles. The van der Waals surface area contributed by atoms with Gasteiger partial charge in [0.15, 0.2) is 0 Å². The Morgan fingerprint density at radius 2 is 2.41 bits per heavy atom. The van der Waals surface area contributed by atoms with Gasteiger partial charge in [0.2, 0.25) is 0 Å². The predicted molar refractivity (Wildman–Crippen MR) is 64.7 cm³/mol. The van der Waals surface area contributed by atoms with Crippen LogP contribution in [0.1, 0.15) is 29.0 Å². The second kappa shape index (κ2) is 5.72. The van der Waals surface area contributed by atoms with Gasteiger partial charge in [0.05, 0.1) is 11.9 Å². The molecule has 1 unspecified atom stereocenters. The highest BCUT2D eigenvalue weighted by Crippen LogP contribution is 2.08. The first-order valence-corrected chi connectivity index (χ1v) is 6.03. The molecule has 0 saturated carbocycles. The summed E-state index contributed by atoms with van der Waals surface area (Å²) in [6, 6.07) is 0. The van der Waals surface area contributed by atoms with Crippen LogP contribution in [0.5, 0.6) is 0 Å². The van der Waals surface area contributed by atoms with Crippen molar-refractivity contribution in [3.63, 3.8) is 0 Å². The number of aryl methyl sites for hydroxylation is 1. The maximum Gasteiger partial charge on any atom is 0.271 e. The molecule has 0 aliphatic carbocycles. The average Bonchev–Trinajstić information content (AvgIpc) is 2.38. The molecule has 0 spiro atoms. The maximum absolute atomic E-state index is 11.8. The summed E-state index contributed by atoms with van der Waals surface area (Å²) < 4.78 is 0. The zero-order valence-electron chi connectivity index (χ0n) is 10.1. The number of rotatable bonds is 3. The van der Waals surface area contributed by atoms with Crippen LogP contribution in [0.2, 0.25) is 0 Å². The summed E-state index contributed by atoms with van der Waals surface area (Å²) in [6.45, 7) is 4.64. The van der Waals surface area contributed by atoms with E-state index in [1.807, 2.05) is 6.92 Å². The molecule has 5 nitrogen and oxygen atoms in total. The van der Waals surface area contributed by atoms with E-state index in [1.54, 1.807) is 6.20 Å². The molecule has 1 aliphatic heterocycles. The number of carbonyl (C=O) groups is 1. The highest BCUT2D eigenvalue weighted by molar-refractivity contribution is 5.91. The van der Waals surface area contributed by atoms with Gasteiger partial charge in [-0.05, 0) is 38.8 Å². The van der Waals surface area contributed by atoms with E-state index in [-0.39, 0.29) is 5.91 Å². The lowest BCUT2D eigenvalue weighted by Crippen LogP contribution is -2.38. The number of aromatic nitrogens is 2. The molecule has 2 heterocycles. The van der Waals surface area contributed by atoms with E-state index in [1.165, 1.54) is 19.0 Å². The highest BCUT2D eigenvalue weighted by atomic mass is 16.1. The maximum atomic E-state index is 11.8. The first-order chi connectivity index (χ1) is 8.25. The van der Waals surface area contributed by atoms with Crippen LogP contribution in [-0.2, 0) is 0 Å². The lowest BCUT2D eigenvalue weighted by molar-refractivity contribution is 0.0939. The minimum atomic E-state index is -0.136. The summed E-state index contributed by atoms with van der Waals surface area (Å²) in [5.41, 5.74) is 1.21. The number of hydrogen-bond acceptors (Lipinski definition) is 4. The van der Waals surface area contributed by atoms with Crippen molar-refractivity contribution in [2.45, 2.75) is 19.8 Å². The number of nitrogens with zero attached hydrogens (tertiary/aromatic N) is 2. The van der Waals surface area contributed by atoms with Crippen LogP contribution >= 0.6 is 0 Å². The van der Waals surface area contributed by atoms with Crippen molar-refractivity contribution in [3.8, 4) is 0 Å². The first-order valence-electron chi connectivity index (χ1n) is 6.03. The topological polar surface area (TPSA) is 66.9 Å². The fourth-order valence-corrected chi connectivity index (χ4v) is 1.94. The molecule has 17 heavy (non-hydrogen) atoms. The fourth-order valence-electron chi connectivity index (χ4n) is 1.94. The second-order valence-electron chi connectivity index (χ2n) is 4.47. The monoisotopic (exact) mass is 234 g/mol. The lowest BCUT2D eigenvalue weighted by atomic mass is 10.00. The Kier molecular flexibility index (Phi) is 4.03. The van der Waals surface area contributed by atoms with Gasteiger partial charge < -0.3 is 10.6 Å². The van der Waals surface area contributed by atoms with Crippen LogP contribution < -0.4 is 10.6 Å². The molecule has 2 rings (SSSR count). The Morgan fingerprint density at radius 1 is 1.53 bits per heavy atom. The SMILES string of the molecule is Cc1cnc(C(=O)NCC2CCCNC2)cn1.